The van der Waals surface area contributed by atoms with E-state index in [1.165, 1.54) is 24.3 Å². The fraction of sp³-hybridized carbons (Fsp3) is 0.148. The van der Waals surface area contributed by atoms with Crippen molar-refractivity contribution in [3.63, 3.8) is 0 Å². The van der Waals surface area contributed by atoms with E-state index in [0.717, 1.165) is 10.5 Å². The number of nitro benzene ring substituents is 1. The predicted molar refractivity (Wildman–Crippen MR) is 140 cm³/mol. The van der Waals surface area contributed by atoms with Gasteiger partial charge in [-0.25, -0.2) is 9.69 Å². The summed E-state index contributed by atoms with van der Waals surface area (Å²) in [5.74, 6) is -0.850. The number of ether oxygens (including phenoxy) is 2. The first-order chi connectivity index (χ1) is 18.2. The van der Waals surface area contributed by atoms with Crippen LogP contribution in [0.2, 0.25) is 5.02 Å². The molecule has 0 spiro atoms. The molecule has 0 unspecified atom stereocenters. The molecule has 1 heterocycles. The molecule has 0 saturated carbocycles. The average Bonchev–Trinajstić information content (AvgIpc) is 2.88. The van der Waals surface area contributed by atoms with Gasteiger partial charge in [0.15, 0.2) is 11.5 Å². The third kappa shape index (κ3) is 5.65. The highest BCUT2D eigenvalue weighted by Gasteiger charge is 2.37. The topological polar surface area (TPSA) is 128 Å². The molecule has 0 atom stereocenters. The monoisotopic (exact) mass is 535 g/mol. The number of hydrogen-bond donors (Lipinski definition) is 1. The van der Waals surface area contributed by atoms with Crippen LogP contribution in [0.3, 0.4) is 0 Å². The number of benzene rings is 3. The number of rotatable bonds is 8. The number of urea groups is 1. The van der Waals surface area contributed by atoms with Crippen molar-refractivity contribution in [3.8, 4) is 11.5 Å². The van der Waals surface area contributed by atoms with E-state index in [4.69, 9.17) is 21.1 Å². The van der Waals surface area contributed by atoms with Gasteiger partial charge in [0.25, 0.3) is 17.5 Å². The predicted octanol–water partition coefficient (Wildman–Crippen LogP) is 5.20. The lowest BCUT2D eigenvalue weighted by Crippen LogP contribution is -2.54. The summed E-state index contributed by atoms with van der Waals surface area (Å²) in [7, 11) is 0. The zero-order valence-electron chi connectivity index (χ0n) is 20.4. The Morgan fingerprint density at radius 2 is 1.74 bits per heavy atom. The van der Waals surface area contributed by atoms with Crippen molar-refractivity contribution in [2.45, 2.75) is 20.5 Å². The number of nitrogens with zero attached hydrogens (tertiary/aromatic N) is 2. The van der Waals surface area contributed by atoms with E-state index in [9.17, 15) is 24.5 Å². The zero-order valence-corrected chi connectivity index (χ0v) is 21.2. The molecule has 1 aliphatic rings. The van der Waals surface area contributed by atoms with Crippen LogP contribution in [0.5, 0.6) is 11.5 Å². The molecule has 11 heteroatoms. The molecule has 3 aromatic carbocycles. The second-order valence-electron chi connectivity index (χ2n) is 8.24. The van der Waals surface area contributed by atoms with Gasteiger partial charge in [-0.3, -0.25) is 25.0 Å². The van der Waals surface area contributed by atoms with Gasteiger partial charge in [-0.05, 0) is 73.0 Å². The second-order valence-corrected chi connectivity index (χ2v) is 8.68. The molecule has 1 aliphatic heterocycles. The van der Waals surface area contributed by atoms with Crippen molar-refractivity contribution < 1.29 is 28.8 Å². The van der Waals surface area contributed by atoms with E-state index in [-0.39, 0.29) is 23.6 Å². The third-order valence-corrected chi connectivity index (χ3v) is 5.87. The Labute approximate surface area is 222 Å². The quantitative estimate of drug-likeness (QED) is 0.182. The van der Waals surface area contributed by atoms with Gasteiger partial charge in [-0.2, -0.15) is 0 Å². The number of barbiturate groups is 1. The Hall–Kier alpha value is -4.70. The number of halogens is 1. The number of aryl methyl sites for hydroxylation is 1. The first-order valence-corrected chi connectivity index (χ1v) is 11.9. The molecule has 0 bridgehead atoms. The first-order valence-electron chi connectivity index (χ1n) is 11.5. The molecular weight excluding hydrogens is 514 g/mol. The fourth-order valence-corrected chi connectivity index (χ4v) is 3.91. The van der Waals surface area contributed by atoms with E-state index in [1.54, 1.807) is 56.3 Å². The van der Waals surface area contributed by atoms with Crippen LogP contribution in [0, 0.1) is 17.0 Å². The molecule has 0 aromatic heterocycles. The number of carbonyl (C=O) groups excluding carboxylic acids is 3. The van der Waals surface area contributed by atoms with Gasteiger partial charge in [0, 0.05) is 17.2 Å². The molecule has 0 radical (unpaired) electrons. The fourth-order valence-electron chi connectivity index (χ4n) is 3.74. The zero-order chi connectivity index (χ0) is 27.4. The van der Waals surface area contributed by atoms with Gasteiger partial charge in [0.05, 0.1) is 17.2 Å². The van der Waals surface area contributed by atoms with E-state index in [1.807, 2.05) is 0 Å². The summed E-state index contributed by atoms with van der Waals surface area (Å²) in [6.45, 7) is 3.97. The second kappa shape index (κ2) is 11.1. The van der Waals surface area contributed by atoms with E-state index in [0.29, 0.717) is 34.3 Å². The number of anilines is 1. The summed E-state index contributed by atoms with van der Waals surface area (Å²) in [5, 5.41) is 13.4. The lowest BCUT2D eigenvalue weighted by Gasteiger charge is -2.27. The maximum absolute atomic E-state index is 13.3. The summed E-state index contributed by atoms with van der Waals surface area (Å²) >= 11 is 6.07. The van der Waals surface area contributed by atoms with E-state index < -0.39 is 22.8 Å². The highest BCUT2D eigenvalue weighted by molar-refractivity contribution is 6.39. The standard InChI is InChI=1S/C27H22ClN3O7/c1-3-37-24-13-18(7-11-23(24)38-15-17-5-9-20(10-6-17)31(35)36)12-21-25(32)29-27(34)30(26(21)33)22-14-19(28)8-4-16(22)2/h4-14H,3,15H2,1-2H3,(H,29,32,34)/b21-12+. The molecule has 4 rings (SSSR count). The summed E-state index contributed by atoms with van der Waals surface area (Å²) in [6.07, 6.45) is 1.36. The van der Waals surface area contributed by atoms with Crippen molar-refractivity contribution >= 4 is 46.9 Å². The lowest BCUT2D eigenvalue weighted by molar-refractivity contribution is -0.384. The minimum atomic E-state index is -0.868. The molecule has 4 amide bonds. The molecule has 1 fully saturated rings. The average molecular weight is 536 g/mol. The molecule has 3 aromatic rings. The number of hydrogen-bond acceptors (Lipinski definition) is 7. The molecule has 38 heavy (non-hydrogen) atoms. The van der Waals surface area contributed by atoms with E-state index >= 15 is 0 Å². The van der Waals surface area contributed by atoms with Crippen LogP contribution < -0.4 is 19.7 Å². The normalized spacial score (nSPS) is 14.4. The Kier molecular flexibility index (Phi) is 7.73. The smallest absolute Gasteiger partial charge is 0.335 e. The highest BCUT2D eigenvalue weighted by Crippen LogP contribution is 2.32. The largest absolute Gasteiger partial charge is 0.490 e. The van der Waals surface area contributed by atoms with Crippen LogP contribution in [-0.4, -0.2) is 29.4 Å². The maximum Gasteiger partial charge on any atom is 0.335 e. The molecule has 10 nitrogen and oxygen atoms in total. The van der Waals surface area contributed by atoms with Crippen molar-refractivity contribution in [1.29, 1.82) is 0 Å². The van der Waals surface area contributed by atoms with Gasteiger partial charge in [0.1, 0.15) is 12.2 Å². The van der Waals surface area contributed by atoms with Crippen LogP contribution >= 0.6 is 11.6 Å². The number of imide groups is 2. The first kappa shape index (κ1) is 26.4. The van der Waals surface area contributed by atoms with E-state index in [2.05, 4.69) is 5.32 Å². The van der Waals surface area contributed by atoms with Gasteiger partial charge in [-0.15, -0.1) is 0 Å². The molecular formula is C27H22ClN3O7. The summed E-state index contributed by atoms with van der Waals surface area (Å²) in [4.78, 5) is 49.6. The summed E-state index contributed by atoms with van der Waals surface area (Å²) < 4.78 is 11.5. The van der Waals surface area contributed by atoms with Gasteiger partial charge < -0.3 is 9.47 Å². The molecule has 194 valence electrons. The minimum Gasteiger partial charge on any atom is -0.490 e. The minimum absolute atomic E-state index is 0.0202. The number of non-ortho nitro benzene ring substituents is 1. The third-order valence-electron chi connectivity index (χ3n) is 5.63. The van der Waals surface area contributed by atoms with Crippen LogP contribution in [0.4, 0.5) is 16.2 Å². The summed E-state index contributed by atoms with van der Waals surface area (Å²) in [5.41, 5.74) is 1.81. The Morgan fingerprint density at radius 1 is 1.00 bits per heavy atom. The van der Waals surface area contributed by atoms with Crippen molar-refractivity contribution in [2.24, 2.45) is 0 Å². The van der Waals surface area contributed by atoms with Crippen molar-refractivity contribution in [1.82, 2.24) is 5.32 Å². The summed E-state index contributed by atoms with van der Waals surface area (Å²) in [6, 6.07) is 14.7. The Bertz CT molecular complexity index is 1470. The highest BCUT2D eigenvalue weighted by atomic mass is 35.5. The van der Waals surface area contributed by atoms with Gasteiger partial charge >= 0.3 is 6.03 Å². The van der Waals surface area contributed by atoms with Gasteiger partial charge in [-0.1, -0.05) is 23.7 Å². The van der Waals surface area contributed by atoms with Crippen LogP contribution in [-0.2, 0) is 16.2 Å². The Balaban J connectivity index is 1.60. The Morgan fingerprint density at radius 3 is 2.42 bits per heavy atom. The van der Waals surface area contributed by atoms with Crippen LogP contribution in [0.25, 0.3) is 6.08 Å². The van der Waals surface area contributed by atoms with Crippen molar-refractivity contribution in [3.05, 3.63) is 98.1 Å². The number of amides is 4. The SMILES string of the molecule is CCOc1cc(/C=C2\C(=O)NC(=O)N(c3cc(Cl)ccc3C)C2=O)ccc1OCc1ccc([N+](=O)[O-])cc1. The molecule has 1 N–H and O–H groups in total. The number of nitro groups is 1. The van der Waals surface area contributed by atoms with Crippen molar-refractivity contribution in [2.75, 3.05) is 11.5 Å². The number of carbonyl (C=O) groups is 3. The van der Waals surface area contributed by atoms with Crippen LogP contribution in [0.15, 0.2) is 66.2 Å². The van der Waals surface area contributed by atoms with Gasteiger partial charge in [0.2, 0.25) is 0 Å². The van der Waals surface area contributed by atoms with Crippen LogP contribution in [0.1, 0.15) is 23.6 Å². The lowest BCUT2D eigenvalue weighted by atomic mass is 10.1. The maximum atomic E-state index is 13.3. The molecule has 1 saturated heterocycles. The number of nitrogens with one attached hydrogen (secondary N) is 1. The molecule has 0 aliphatic carbocycles.